The zero-order valence-corrected chi connectivity index (χ0v) is 17.2. The van der Waals surface area contributed by atoms with Crippen LogP contribution in [-0.2, 0) is 16.6 Å². The van der Waals surface area contributed by atoms with Gasteiger partial charge >= 0.3 is 0 Å². The number of benzene rings is 2. The maximum Gasteiger partial charge on any atom is 0.270 e. The molecule has 3 aromatic rings. The normalized spacial score (nSPS) is 11.0. The van der Waals surface area contributed by atoms with Crippen LogP contribution < -0.4 is 19.8 Å². The Balaban J connectivity index is 1.81. The lowest BCUT2D eigenvalue weighted by atomic mass is 10.2. The number of pyridine rings is 1. The van der Waals surface area contributed by atoms with Crippen molar-refractivity contribution in [3.05, 3.63) is 88.3 Å². The van der Waals surface area contributed by atoms with Gasteiger partial charge in [0.2, 0.25) is 0 Å². The Morgan fingerprint density at radius 3 is 2.07 bits per heavy atom. The first-order valence-electron chi connectivity index (χ1n) is 8.87. The molecule has 0 spiro atoms. The molecule has 0 bridgehead atoms. The van der Waals surface area contributed by atoms with Gasteiger partial charge in [0.1, 0.15) is 17.1 Å². The van der Waals surface area contributed by atoms with E-state index >= 15 is 0 Å². The number of ether oxygens (including phenoxy) is 2. The van der Waals surface area contributed by atoms with Crippen LogP contribution in [0, 0.1) is 0 Å². The highest BCUT2D eigenvalue weighted by Gasteiger charge is 2.21. The Bertz CT molecular complexity index is 1200. The predicted molar refractivity (Wildman–Crippen MR) is 110 cm³/mol. The summed E-state index contributed by atoms with van der Waals surface area (Å²) in [6.45, 7) is 0.217. The van der Waals surface area contributed by atoms with Crippen molar-refractivity contribution in [1.82, 2.24) is 9.29 Å². The standard InChI is InChI=1S/C21H20N2O6S/c1-28-16-7-5-15(6-8-16)14-23-13-3-4-19(21(23)25)20(24)22-30(26,27)18-11-9-17(29-2)10-12-18/h3-13H,14H2,1-2H3,(H,22,24). The van der Waals surface area contributed by atoms with Crippen LogP contribution >= 0.6 is 0 Å². The van der Waals surface area contributed by atoms with Crippen LogP contribution in [0.5, 0.6) is 11.5 Å². The molecule has 3 rings (SSSR count). The third kappa shape index (κ3) is 4.69. The summed E-state index contributed by atoms with van der Waals surface area (Å²) in [6.07, 6.45) is 1.53. The van der Waals surface area contributed by atoms with Crippen molar-refractivity contribution in [2.45, 2.75) is 11.4 Å². The van der Waals surface area contributed by atoms with Crippen LogP contribution in [0.15, 0.2) is 76.6 Å². The zero-order valence-electron chi connectivity index (χ0n) is 16.4. The fourth-order valence-electron chi connectivity index (χ4n) is 2.75. The van der Waals surface area contributed by atoms with Crippen molar-refractivity contribution in [1.29, 1.82) is 0 Å². The van der Waals surface area contributed by atoms with E-state index in [9.17, 15) is 18.0 Å². The van der Waals surface area contributed by atoms with Gasteiger partial charge in [0.15, 0.2) is 0 Å². The highest BCUT2D eigenvalue weighted by atomic mass is 32.2. The first-order chi connectivity index (χ1) is 14.3. The lowest BCUT2D eigenvalue weighted by molar-refractivity contribution is 0.0979. The van der Waals surface area contributed by atoms with Gasteiger partial charge in [-0.2, -0.15) is 0 Å². The van der Waals surface area contributed by atoms with Crippen LogP contribution in [0.25, 0.3) is 0 Å². The van der Waals surface area contributed by atoms with Crippen LogP contribution in [0.2, 0.25) is 0 Å². The Morgan fingerprint density at radius 2 is 1.50 bits per heavy atom. The number of nitrogens with one attached hydrogen (secondary N) is 1. The number of hydrogen-bond donors (Lipinski definition) is 1. The Kier molecular flexibility index (Phi) is 6.22. The molecule has 0 aliphatic rings. The highest BCUT2D eigenvalue weighted by Crippen LogP contribution is 2.16. The number of hydrogen-bond acceptors (Lipinski definition) is 6. The minimum atomic E-state index is -4.15. The van der Waals surface area contributed by atoms with E-state index < -0.39 is 21.5 Å². The molecule has 1 heterocycles. The maximum absolute atomic E-state index is 12.7. The average molecular weight is 428 g/mol. The molecule has 0 radical (unpaired) electrons. The molecule has 1 N–H and O–H groups in total. The smallest absolute Gasteiger partial charge is 0.270 e. The van der Waals surface area contributed by atoms with Gasteiger partial charge in [-0.1, -0.05) is 12.1 Å². The van der Waals surface area contributed by atoms with E-state index in [1.54, 1.807) is 31.4 Å². The molecule has 0 saturated carbocycles. The highest BCUT2D eigenvalue weighted by molar-refractivity contribution is 7.90. The minimum absolute atomic E-state index is 0.119. The van der Waals surface area contributed by atoms with Gasteiger partial charge in [-0.15, -0.1) is 0 Å². The number of carbonyl (C=O) groups is 1. The summed E-state index contributed by atoms with van der Waals surface area (Å²) in [5, 5.41) is 0. The molecular weight excluding hydrogens is 408 g/mol. The molecule has 9 heteroatoms. The molecule has 0 aliphatic heterocycles. The number of methoxy groups -OCH3 is 2. The number of sulfonamides is 1. The summed E-state index contributed by atoms with van der Waals surface area (Å²) >= 11 is 0. The fraction of sp³-hybridized carbons (Fsp3) is 0.143. The van der Waals surface area contributed by atoms with E-state index in [1.807, 2.05) is 4.72 Å². The Labute approximate surface area is 173 Å². The van der Waals surface area contributed by atoms with Gasteiger partial charge in [-0.25, -0.2) is 13.1 Å². The molecule has 1 amide bonds. The van der Waals surface area contributed by atoms with E-state index in [4.69, 9.17) is 9.47 Å². The summed E-state index contributed by atoms with van der Waals surface area (Å²) in [5.74, 6) is 0.160. The summed E-state index contributed by atoms with van der Waals surface area (Å²) in [7, 11) is -1.13. The quantitative estimate of drug-likeness (QED) is 0.618. The van der Waals surface area contributed by atoms with Crippen LogP contribution in [0.3, 0.4) is 0 Å². The third-order valence-electron chi connectivity index (χ3n) is 4.37. The molecule has 0 aliphatic carbocycles. The molecule has 1 aromatic heterocycles. The van der Waals surface area contributed by atoms with Gasteiger partial charge in [0.05, 0.1) is 25.7 Å². The van der Waals surface area contributed by atoms with Gasteiger partial charge in [-0.3, -0.25) is 9.59 Å². The molecule has 156 valence electrons. The number of nitrogens with zero attached hydrogens (tertiary/aromatic N) is 1. The number of rotatable bonds is 7. The van der Waals surface area contributed by atoms with Crippen molar-refractivity contribution < 1.29 is 22.7 Å². The molecule has 0 unspecified atom stereocenters. The van der Waals surface area contributed by atoms with Crippen molar-refractivity contribution in [3.8, 4) is 11.5 Å². The topological polar surface area (TPSA) is 104 Å². The van der Waals surface area contributed by atoms with Crippen molar-refractivity contribution in [2.24, 2.45) is 0 Å². The van der Waals surface area contributed by atoms with E-state index in [0.717, 1.165) is 5.56 Å². The number of aromatic nitrogens is 1. The zero-order chi connectivity index (χ0) is 21.7. The SMILES string of the molecule is COc1ccc(Cn2cccc(C(=O)NS(=O)(=O)c3ccc(OC)cc3)c2=O)cc1. The molecular formula is C21H20N2O6S. The second-order valence-electron chi connectivity index (χ2n) is 6.31. The lowest BCUT2D eigenvalue weighted by Crippen LogP contribution is -2.36. The van der Waals surface area contributed by atoms with Gasteiger partial charge in [0, 0.05) is 6.20 Å². The van der Waals surface area contributed by atoms with Crippen molar-refractivity contribution in [3.63, 3.8) is 0 Å². The van der Waals surface area contributed by atoms with Crippen LogP contribution in [0.1, 0.15) is 15.9 Å². The molecule has 30 heavy (non-hydrogen) atoms. The maximum atomic E-state index is 12.7. The molecule has 8 nitrogen and oxygen atoms in total. The van der Waals surface area contributed by atoms with Gasteiger partial charge in [0.25, 0.3) is 21.5 Å². The number of carbonyl (C=O) groups excluding carboxylic acids is 1. The first kappa shape index (κ1) is 21.1. The predicted octanol–water partition coefficient (Wildman–Crippen LogP) is 2.03. The fourth-order valence-corrected chi connectivity index (χ4v) is 3.72. The third-order valence-corrected chi connectivity index (χ3v) is 5.72. The second kappa shape index (κ2) is 8.83. The largest absolute Gasteiger partial charge is 0.497 e. The summed E-state index contributed by atoms with van der Waals surface area (Å²) < 4.78 is 38.3. The molecule has 0 saturated heterocycles. The molecule has 0 fully saturated rings. The van der Waals surface area contributed by atoms with Crippen LogP contribution in [0.4, 0.5) is 0 Å². The molecule has 2 aromatic carbocycles. The van der Waals surface area contributed by atoms with Crippen molar-refractivity contribution in [2.75, 3.05) is 14.2 Å². The average Bonchev–Trinajstić information content (AvgIpc) is 2.75. The van der Waals surface area contributed by atoms with Gasteiger partial charge in [-0.05, 0) is 54.1 Å². The van der Waals surface area contributed by atoms with Crippen molar-refractivity contribution >= 4 is 15.9 Å². The van der Waals surface area contributed by atoms with Gasteiger partial charge < -0.3 is 14.0 Å². The summed E-state index contributed by atoms with van der Waals surface area (Å²) in [5.41, 5.74) is -0.0554. The summed E-state index contributed by atoms with van der Waals surface area (Å²) in [4.78, 5) is 25.1. The number of amides is 1. The minimum Gasteiger partial charge on any atom is -0.497 e. The Morgan fingerprint density at radius 1 is 0.933 bits per heavy atom. The second-order valence-corrected chi connectivity index (χ2v) is 8.00. The van der Waals surface area contributed by atoms with E-state index in [1.165, 1.54) is 54.3 Å². The van der Waals surface area contributed by atoms with E-state index in [2.05, 4.69) is 0 Å². The van der Waals surface area contributed by atoms with E-state index in [-0.39, 0.29) is 17.0 Å². The Hall–Kier alpha value is -3.59. The summed E-state index contributed by atoms with van der Waals surface area (Å²) in [6, 6.07) is 15.5. The lowest BCUT2D eigenvalue weighted by Gasteiger charge is -2.10. The molecule has 0 atom stereocenters. The van der Waals surface area contributed by atoms with E-state index in [0.29, 0.717) is 11.5 Å². The van der Waals surface area contributed by atoms with Crippen LogP contribution in [-0.4, -0.2) is 33.1 Å². The first-order valence-corrected chi connectivity index (χ1v) is 10.4. The monoisotopic (exact) mass is 428 g/mol.